The van der Waals surface area contributed by atoms with E-state index in [0.29, 0.717) is 54.0 Å². The summed E-state index contributed by atoms with van der Waals surface area (Å²) in [6, 6.07) is 3.24. The van der Waals surface area contributed by atoms with Gasteiger partial charge in [0.1, 0.15) is 13.2 Å². The van der Waals surface area contributed by atoms with Crippen molar-refractivity contribution < 1.29 is 24.2 Å². The summed E-state index contributed by atoms with van der Waals surface area (Å²) in [4.78, 5) is 23.3. The van der Waals surface area contributed by atoms with E-state index in [1.165, 1.54) is 0 Å². The minimum atomic E-state index is -0.793. The molecular formula is C15H16BrNO5. The van der Waals surface area contributed by atoms with Crippen LogP contribution >= 0.6 is 15.9 Å². The molecule has 1 heterocycles. The molecule has 2 atom stereocenters. The van der Waals surface area contributed by atoms with E-state index in [0.717, 1.165) is 0 Å². The molecule has 0 unspecified atom stereocenters. The Balaban J connectivity index is 1.70. The van der Waals surface area contributed by atoms with Crippen LogP contribution in [0.5, 0.6) is 11.5 Å². The van der Waals surface area contributed by atoms with Gasteiger partial charge in [0.15, 0.2) is 11.5 Å². The Kier molecular flexibility index (Phi) is 4.24. The van der Waals surface area contributed by atoms with Crippen molar-refractivity contribution in [2.24, 2.45) is 5.92 Å². The first-order valence-electron chi connectivity index (χ1n) is 7.17. The molecule has 118 valence electrons. The topological polar surface area (TPSA) is 84.9 Å². The summed E-state index contributed by atoms with van der Waals surface area (Å²) in [5, 5.41) is 11.9. The Labute approximate surface area is 135 Å². The summed E-state index contributed by atoms with van der Waals surface area (Å²) in [6.45, 7) is 0.934. The van der Waals surface area contributed by atoms with Gasteiger partial charge in [-0.25, -0.2) is 0 Å². The highest BCUT2D eigenvalue weighted by Crippen LogP contribution is 2.38. The monoisotopic (exact) mass is 369 g/mol. The van der Waals surface area contributed by atoms with Crippen molar-refractivity contribution in [1.29, 1.82) is 0 Å². The molecule has 3 rings (SSSR count). The zero-order chi connectivity index (χ0) is 15.7. The number of hydrogen-bond donors (Lipinski definition) is 2. The molecule has 1 aromatic rings. The maximum atomic E-state index is 12.3. The number of fused-ring (bicyclic) bond motifs is 1. The van der Waals surface area contributed by atoms with Crippen LogP contribution in [-0.4, -0.2) is 36.2 Å². The lowest BCUT2D eigenvalue weighted by molar-refractivity contribution is -0.141. The number of halogens is 1. The average molecular weight is 370 g/mol. The lowest BCUT2D eigenvalue weighted by Crippen LogP contribution is -2.33. The van der Waals surface area contributed by atoms with Crippen molar-refractivity contribution in [3.05, 3.63) is 22.2 Å². The fourth-order valence-electron chi connectivity index (χ4n) is 2.85. The van der Waals surface area contributed by atoms with E-state index in [-0.39, 0.29) is 17.9 Å². The average Bonchev–Trinajstić information content (AvgIpc) is 2.96. The molecule has 1 aromatic carbocycles. The number of hydrogen-bond acceptors (Lipinski definition) is 4. The van der Waals surface area contributed by atoms with Crippen LogP contribution in [-0.2, 0) is 4.79 Å². The van der Waals surface area contributed by atoms with Gasteiger partial charge >= 0.3 is 5.97 Å². The van der Waals surface area contributed by atoms with E-state index in [1.807, 2.05) is 0 Å². The van der Waals surface area contributed by atoms with E-state index in [9.17, 15) is 9.59 Å². The highest BCUT2D eigenvalue weighted by molar-refractivity contribution is 9.10. The van der Waals surface area contributed by atoms with Gasteiger partial charge in [-0.05, 0) is 47.3 Å². The minimum Gasteiger partial charge on any atom is -0.486 e. The second-order valence-corrected chi connectivity index (χ2v) is 6.36. The number of carboxylic acid groups (broad SMARTS) is 1. The molecule has 1 saturated carbocycles. The van der Waals surface area contributed by atoms with Crippen molar-refractivity contribution in [3.63, 3.8) is 0 Å². The molecule has 6 nitrogen and oxygen atoms in total. The number of rotatable bonds is 3. The van der Waals surface area contributed by atoms with Gasteiger partial charge in [0, 0.05) is 11.6 Å². The van der Waals surface area contributed by atoms with Gasteiger partial charge in [-0.3, -0.25) is 9.59 Å². The molecule has 1 fully saturated rings. The smallest absolute Gasteiger partial charge is 0.306 e. The number of nitrogens with one attached hydrogen (secondary N) is 1. The van der Waals surface area contributed by atoms with Crippen molar-refractivity contribution in [3.8, 4) is 11.5 Å². The van der Waals surface area contributed by atoms with Crippen LogP contribution in [0.4, 0.5) is 0 Å². The van der Waals surface area contributed by atoms with Crippen molar-refractivity contribution in [1.82, 2.24) is 5.32 Å². The molecule has 0 radical (unpaired) electrons. The second kappa shape index (κ2) is 6.16. The standard InChI is InChI=1S/C15H16BrNO5/c16-11-6-9(7-12-13(11)22-4-3-21-12)14(18)17-10-2-1-8(5-10)15(19)20/h6-8,10H,1-5H2,(H,17,18)(H,19,20)/t8-,10+/m1/s1. The van der Waals surface area contributed by atoms with Crippen LogP contribution in [0.15, 0.2) is 16.6 Å². The number of carboxylic acids is 1. The molecule has 2 aliphatic rings. The van der Waals surface area contributed by atoms with Crippen LogP contribution < -0.4 is 14.8 Å². The molecule has 7 heteroatoms. The summed E-state index contributed by atoms with van der Waals surface area (Å²) in [5.74, 6) is -0.236. The van der Waals surface area contributed by atoms with Gasteiger partial charge in [0.2, 0.25) is 0 Å². The van der Waals surface area contributed by atoms with E-state index >= 15 is 0 Å². The molecule has 1 amide bonds. The van der Waals surface area contributed by atoms with E-state index < -0.39 is 5.97 Å². The van der Waals surface area contributed by atoms with Crippen LogP contribution in [0.2, 0.25) is 0 Å². The Bertz CT molecular complexity index is 618. The molecule has 0 saturated heterocycles. The normalized spacial score (nSPS) is 23.1. The first-order chi connectivity index (χ1) is 10.5. The lowest BCUT2D eigenvalue weighted by atomic mass is 10.1. The van der Waals surface area contributed by atoms with E-state index in [2.05, 4.69) is 21.2 Å². The summed E-state index contributed by atoms with van der Waals surface area (Å²) in [7, 11) is 0. The minimum absolute atomic E-state index is 0.0967. The number of ether oxygens (including phenoxy) is 2. The number of amides is 1. The first kappa shape index (κ1) is 15.1. The number of carbonyl (C=O) groups is 2. The van der Waals surface area contributed by atoms with Crippen LogP contribution in [0.25, 0.3) is 0 Å². The highest BCUT2D eigenvalue weighted by Gasteiger charge is 2.31. The third-order valence-electron chi connectivity index (χ3n) is 3.98. The maximum Gasteiger partial charge on any atom is 0.306 e. The maximum absolute atomic E-state index is 12.3. The van der Waals surface area contributed by atoms with Crippen molar-refractivity contribution >= 4 is 27.8 Å². The molecule has 1 aliphatic heterocycles. The van der Waals surface area contributed by atoms with Gasteiger partial charge in [-0.1, -0.05) is 0 Å². The molecular weight excluding hydrogens is 354 g/mol. The number of carbonyl (C=O) groups excluding carboxylic acids is 1. The van der Waals surface area contributed by atoms with Gasteiger partial charge in [0.25, 0.3) is 5.91 Å². The lowest BCUT2D eigenvalue weighted by Gasteiger charge is -2.20. The van der Waals surface area contributed by atoms with Crippen LogP contribution in [0.1, 0.15) is 29.6 Å². The molecule has 1 aliphatic carbocycles. The van der Waals surface area contributed by atoms with E-state index in [1.54, 1.807) is 12.1 Å². The van der Waals surface area contributed by atoms with Gasteiger partial charge in [0.05, 0.1) is 10.4 Å². The van der Waals surface area contributed by atoms with Crippen molar-refractivity contribution in [2.75, 3.05) is 13.2 Å². The number of benzene rings is 1. The van der Waals surface area contributed by atoms with Gasteiger partial charge < -0.3 is 19.9 Å². The summed E-state index contributed by atoms with van der Waals surface area (Å²) >= 11 is 3.38. The predicted molar refractivity (Wildman–Crippen MR) is 81.4 cm³/mol. The third-order valence-corrected chi connectivity index (χ3v) is 4.57. The van der Waals surface area contributed by atoms with Crippen LogP contribution in [0.3, 0.4) is 0 Å². The molecule has 2 N–H and O–H groups in total. The van der Waals surface area contributed by atoms with Crippen LogP contribution in [0, 0.1) is 5.92 Å². The Morgan fingerprint density at radius 3 is 2.73 bits per heavy atom. The quantitative estimate of drug-likeness (QED) is 0.852. The summed E-state index contributed by atoms with van der Waals surface area (Å²) in [5.41, 5.74) is 0.468. The van der Waals surface area contributed by atoms with E-state index in [4.69, 9.17) is 14.6 Å². The molecule has 0 bridgehead atoms. The zero-order valence-corrected chi connectivity index (χ0v) is 13.4. The molecule has 0 aromatic heterocycles. The predicted octanol–water partition coefficient (Wildman–Crippen LogP) is 2.20. The second-order valence-electron chi connectivity index (χ2n) is 5.50. The highest BCUT2D eigenvalue weighted by atomic mass is 79.9. The zero-order valence-electron chi connectivity index (χ0n) is 11.8. The third kappa shape index (κ3) is 3.04. The fraction of sp³-hybridized carbons (Fsp3) is 0.467. The first-order valence-corrected chi connectivity index (χ1v) is 7.96. The number of aliphatic carboxylic acids is 1. The molecule has 22 heavy (non-hydrogen) atoms. The van der Waals surface area contributed by atoms with Gasteiger partial charge in [-0.2, -0.15) is 0 Å². The fourth-order valence-corrected chi connectivity index (χ4v) is 3.40. The Morgan fingerprint density at radius 1 is 1.23 bits per heavy atom. The Hall–Kier alpha value is -1.76. The largest absolute Gasteiger partial charge is 0.486 e. The summed E-state index contributed by atoms with van der Waals surface area (Å²) in [6.07, 6.45) is 1.77. The summed E-state index contributed by atoms with van der Waals surface area (Å²) < 4.78 is 11.7. The molecule has 0 spiro atoms. The SMILES string of the molecule is O=C(N[C@H]1CC[C@@H](C(=O)O)C1)c1cc(Br)c2c(c1)OCCO2. The van der Waals surface area contributed by atoms with Gasteiger partial charge in [-0.15, -0.1) is 0 Å². The van der Waals surface area contributed by atoms with Crippen molar-refractivity contribution in [2.45, 2.75) is 25.3 Å². The Morgan fingerprint density at radius 2 is 2.00 bits per heavy atom.